The highest BCUT2D eigenvalue weighted by Crippen LogP contribution is 2.16. The summed E-state index contributed by atoms with van der Waals surface area (Å²) in [4.78, 5) is 18.8. The fourth-order valence-electron chi connectivity index (χ4n) is 1.47. The smallest absolute Gasteiger partial charge is 0.337 e. The molecule has 0 atom stereocenters. The van der Waals surface area contributed by atoms with Crippen molar-refractivity contribution in [2.24, 2.45) is 0 Å². The van der Waals surface area contributed by atoms with E-state index in [1.165, 1.54) is 43.6 Å². The third-order valence-electron chi connectivity index (χ3n) is 2.41. The van der Waals surface area contributed by atoms with Gasteiger partial charge in [-0.05, 0) is 24.3 Å². The molecule has 0 spiro atoms. The van der Waals surface area contributed by atoms with Gasteiger partial charge in [0.05, 0.1) is 17.6 Å². The maximum absolute atomic E-state index is 12.2. The first-order valence-corrected chi connectivity index (χ1v) is 7.48. The summed E-state index contributed by atoms with van der Waals surface area (Å²) in [5.41, 5.74) is 0.118. The van der Waals surface area contributed by atoms with Crippen LogP contribution < -0.4 is 4.72 Å². The normalized spacial score (nSPS) is 11.0. The summed E-state index contributed by atoms with van der Waals surface area (Å²) in [5.74, 6) is -0.794. The van der Waals surface area contributed by atoms with Crippen LogP contribution in [-0.4, -0.2) is 31.5 Å². The SMILES string of the molecule is COC(=O)c1cccc(S(=O)(=O)Nc2nccc(Cl)n2)c1. The lowest BCUT2D eigenvalue weighted by molar-refractivity contribution is 0.0600. The van der Waals surface area contributed by atoms with E-state index in [1.807, 2.05) is 0 Å². The van der Waals surface area contributed by atoms with Gasteiger partial charge >= 0.3 is 5.97 Å². The molecule has 0 saturated carbocycles. The molecule has 0 aliphatic heterocycles. The highest BCUT2D eigenvalue weighted by atomic mass is 35.5. The number of hydrogen-bond donors (Lipinski definition) is 1. The summed E-state index contributed by atoms with van der Waals surface area (Å²) in [6.07, 6.45) is 1.32. The number of esters is 1. The fraction of sp³-hybridized carbons (Fsp3) is 0.0833. The van der Waals surface area contributed by atoms with Crippen LogP contribution in [0.4, 0.5) is 5.95 Å². The van der Waals surface area contributed by atoms with Crippen LogP contribution in [0.5, 0.6) is 0 Å². The van der Waals surface area contributed by atoms with Crippen LogP contribution in [0.3, 0.4) is 0 Å². The van der Waals surface area contributed by atoms with Crippen molar-refractivity contribution in [1.29, 1.82) is 0 Å². The van der Waals surface area contributed by atoms with E-state index in [0.717, 1.165) is 0 Å². The summed E-state index contributed by atoms with van der Waals surface area (Å²) in [6, 6.07) is 6.82. The molecule has 1 aromatic heterocycles. The third kappa shape index (κ3) is 3.67. The first-order chi connectivity index (χ1) is 9.92. The number of ether oxygens (including phenoxy) is 1. The van der Waals surface area contributed by atoms with Crippen molar-refractivity contribution >= 4 is 33.5 Å². The zero-order valence-corrected chi connectivity index (χ0v) is 12.4. The minimum absolute atomic E-state index is 0.103. The van der Waals surface area contributed by atoms with Crippen LogP contribution in [0.2, 0.25) is 5.15 Å². The van der Waals surface area contributed by atoms with Crippen LogP contribution in [0.25, 0.3) is 0 Å². The molecule has 0 saturated heterocycles. The first kappa shape index (κ1) is 15.2. The average molecular weight is 328 g/mol. The Morgan fingerprint density at radius 1 is 1.33 bits per heavy atom. The van der Waals surface area contributed by atoms with Crippen LogP contribution >= 0.6 is 11.6 Å². The number of benzene rings is 1. The summed E-state index contributed by atoms with van der Waals surface area (Å²) in [5, 5.41) is 0.103. The standard InChI is InChI=1S/C12H10ClN3O4S/c1-20-11(17)8-3-2-4-9(7-8)21(18,19)16-12-14-6-5-10(13)15-12/h2-7H,1H3,(H,14,15,16). The minimum atomic E-state index is -3.94. The summed E-state index contributed by atoms with van der Waals surface area (Å²) in [7, 11) is -2.73. The monoisotopic (exact) mass is 327 g/mol. The van der Waals surface area contributed by atoms with Crippen molar-refractivity contribution in [1.82, 2.24) is 9.97 Å². The topological polar surface area (TPSA) is 98.2 Å². The second-order valence-electron chi connectivity index (χ2n) is 3.83. The molecule has 1 N–H and O–H groups in total. The predicted octanol–water partition coefficient (Wildman–Crippen LogP) is 1.72. The van der Waals surface area contributed by atoms with Crippen molar-refractivity contribution in [3.05, 3.63) is 47.2 Å². The number of carbonyl (C=O) groups excluding carboxylic acids is 1. The van der Waals surface area contributed by atoms with Gasteiger partial charge in [0, 0.05) is 6.20 Å². The molecule has 0 radical (unpaired) electrons. The lowest BCUT2D eigenvalue weighted by atomic mass is 10.2. The van der Waals surface area contributed by atoms with Gasteiger partial charge in [0.25, 0.3) is 10.0 Å². The fourth-order valence-corrected chi connectivity index (χ4v) is 2.61. The molecule has 0 fully saturated rings. The maximum atomic E-state index is 12.2. The van der Waals surface area contributed by atoms with E-state index >= 15 is 0 Å². The second-order valence-corrected chi connectivity index (χ2v) is 5.90. The van der Waals surface area contributed by atoms with E-state index in [0.29, 0.717) is 0 Å². The van der Waals surface area contributed by atoms with Crippen molar-refractivity contribution in [3.63, 3.8) is 0 Å². The number of carbonyl (C=O) groups is 1. The lowest BCUT2D eigenvalue weighted by Gasteiger charge is -2.07. The van der Waals surface area contributed by atoms with E-state index in [9.17, 15) is 13.2 Å². The van der Waals surface area contributed by atoms with Crippen molar-refractivity contribution in [2.45, 2.75) is 4.90 Å². The molecular weight excluding hydrogens is 318 g/mol. The van der Waals surface area contributed by atoms with Crippen LogP contribution in [-0.2, 0) is 14.8 Å². The number of rotatable bonds is 4. The number of nitrogens with one attached hydrogen (secondary N) is 1. The molecule has 1 heterocycles. The number of nitrogens with zero attached hydrogens (tertiary/aromatic N) is 2. The Hall–Kier alpha value is -2.19. The molecule has 2 aromatic rings. The number of halogens is 1. The van der Waals surface area contributed by atoms with Gasteiger partial charge in [-0.25, -0.2) is 27.9 Å². The number of anilines is 1. The Morgan fingerprint density at radius 2 is 2.10 bits per heavy atom. The zero-order valence-electron chi connectivity index (χ0n) is 10.8. The number of hydrogen-bond acceptors (Lipinski definition) is 6. The molecule has 0 aliphatic rings. The molecule has 0 aliphatic carbocycles. The van der Waals surface area contributed by atoms with Crippen LogP contribution in [0, 0.1) is 0 Å². The minimum Gasteiger partial charge on any atom is -0.465 e. The number of aromatic nitrogens is 2. The molecule has 110 valence electrons. The Morgan fingerprint density at radius 3 is 2.76 bits per heavy atom. The highest BCUT2D eigenvalue weighted by molar-refractivity contribution is 7.92. The van der Waals surface area contributed by atoms with Gasteiger partial charge in [-0.1, -0.05) is 17.7 Å². The van der Waals surface area contributed by atoms with Crippen LogP contribution in [0.1, 0.15) is 10.4 Å². The zero-order chi connectivity index (χ0) is 15.5. The van der Waals surface area contributed by atoms with Gasteiger partial charge in [0.15, 0.2) is 0 Å². The van der Waals surface area contributed by atoms with Gasteiger partial charge in [-0.2, -0.15) is 0 Å². The Balaban J connectivity index is 2.33. The van der Waals surface area contributed by atoms with E-state index in [-0.39, 0.29) is 21.6 Å². The lowest BCUT2D eigenvalue weighted by Crippen LogP contribution is -2.15. The van der Waals surface area contributed by atoms with E-state index < -0.39 is 16.0 Å². The van der Waals surface area contributed by atoms with Crippen molar-refractivity contribution < 1.29 is 17.9 Å². The first-order valence-electron chi connectivity index (χ1n) is 5.62. The largest absolute Gasteiger partial charge is 0.465 e. The van der Waals surface area contributed by atoms with Crippen molar-refractivity contribution in [2.75, 3.05) is 11.8 Å². The molecule has 0 unspecified atom stereocenters. The summed E-state index contributed by atoms with van der Waals surface area (Å²) < 4.78 is 31.1. The number of sulfonamides is 1. The Labute approximate surface area is 126 Å². The Bertz CT molecular complexity index is 780. The molecule has 9 heteroatoms. The second kappa shape index (κ2) is 6.06. The number of methoxy groups -OCH3 is 1. The quantitative estimate of drug-likeness (QED) is 0.678. The van der Waals surface area contributed by atoms with E-state index in [4.69, 9.17) is 11.6 Å². The highest BCUT2D eigenvalue weighted by Gasteiger charge is 2.18. The molecule has 21 heavy (non-hydrogen) atoms. The van der Waals surface area contributed by atoms with Crippen LogP contribution in [0.15, 0.2) is 41.4 Å². The molecule has 0 bridgehead atoms. The molecule has 1 aromatic carbocycles. The van der Waals surface area contributed by atoms with Gasteiger partial charge in [0.2, 0.25) is 5.95 Å². The van der Waals surface area contributed by atoms with E-state index in [2.05, 4.69) is 19.4 Å². The van der Waals surface area contributed by atoms with Gasteiger partial charge in [-0.3, -0.25) is 0 Å². The van der Waals surface area contributed by atoms with E-state index in [1.54, 1.807) is 0 Å². The summed E-state index contributed by atoms with van der Waals surface area (Å²) in [6.45, 7) is 0. The molecule has 0 amide bonds. The van der Waals surface area contributed by atoms with Gasteiger partial charge < -0.3 is 4.74 Å². The predicted molar refractivity (Wildman–Crippen MR) is 75.6 cm³/mol. The summed E-state index contributed by atoms with van der Waals surface area (Å²) >= 11 is 5.66. The molecular formula is C12H10ClN3O4S. The van der Waals surface area contributed by atoms with Gasteiger partial charge in [0.1, 0.15) is 5.15 Å². The molecule has 7 nitrogen and oxygen atoms in total. The Kier molecular flexibility index (Phi) is 4.39. The maximum Gasteiger partial charge on any atom is 0.337 e. The molecule has 2 rings (SSSR count). The third-order valence-corrected chi connectivity index (χ3v) is 3.95. The average Bonchev–Trinajstić information content (AvgIpc) is 2.46. The van der Waals surface area contributed by atoms with Crippen molar-refractivity contribution in [3.8, 4) is 0 Å². The van der Waals surface area contributed by atoms with Gasteiger partial charge in [-0.15, -0.1) is 0 Å².